The number of hydrogen-bond donors (Lipinski definition) is 0. The van der Waals surface area contributed by atoms with Crippen LogP contribution in [0.3, 0.4) is 0 Å². The number of halogens is 1. The van der Waals surface area contributed by atoms with Crippen LogP contribution in [-0.4, -0.2) is 5.38 Å². The second-order valence-electron chi connectivity index (χ2n) is 4.96. The lowest BCUT2D eigenvalue weighted by Gasteiger charge is -2.25. The predicted octanol–water partition coefficient (Wildman–Crippen LogP) is 5.00. The zero-order valence-corrected chi connectivity index (χ0v) is 10.5. The maximum Gasteiger partial charge on any atom is 0.0312 e. The molecular formula is C12H25Cl. The standard InChI is InChI=1S/C12H25Cl/c1-5-6-7-8-9-12(3,4)10-11(2)13/h11H,5-10H2,1-4H3. The summed E-state index contributed by atoms with van der Waals surface area (Å²) >= 11 is 6.00. The molecule has 0 saturated carbocycles. The summed E-state index contributed by atoms with van der Waals surface area (Å²) in [5, 5.41) is 0.321. The molecule has 0 N–H and O–H groups in total. The summed E-state index contributed by atoms with van der Waals surface area (Å²) in [6, 6.07) is 0. The SMILES string of the molecule is CCCCCCC(C)(C)CC(C)Cl. The summed E-state index contributed by atoms with van der Waals surface area (Å²) in [7, 11) is 0. The molecule has 0 aromatic heterocycles. The van der Waals surface area contributed by atoms with E-state index in [-0.39, 0.29) is 0 Å². The number of rotatable bonds is 7. The molecular weight excluding hydrogens is 180 g/mol. The van der Waals surface area contributed by atoms with Crippen LogP contribution in [0.1, 0.15) is 66.2 Å². The molecule has 0 spiro atoms. The second kappa shape index (κ2) is 6.70. The van der Waals surface area contributed by atoms with Gasteiger partial charge in [0.05, 0.1) is 0 Å². The van der Waals surface area contributed by atoms with E-state index in [9.17, 15) is 0 Å². The van der Waals surface area contributed by atoms with Gasteiger partial charge >= 0.3 is 0 Å². The van der Waals surface area contributed by atoms with Gasteiger partial charge in [-0.3, -0.25) is 0 Å². The van der Waals surface area contributed by atoms with Crippen molar-refractivity contribution < 1.29 is 0 Å². The Morgan fingerprint density at radius 3 is 2.23 bits per heavy atom. The van der Waals surface area contributed by atoms with Gasteiger partial charge in [0.25, 0.3) is 0 Å². The molecule has 0 aliphatic carbocycles. The molecule has 1 atom stereocenters. The highest BCUT2D eigenvalue weighted by Gasteiger charge is 2.19. The third kappa shape index (κ3) is 8.62. The van der Waals surface area contributed by atoms with Crippen molar-refractivity contribution in [2.45, 2.75) is 71.6 Å². The Labute approximate surface area is 89.1 Å². The predicted molar refractivity (Wildman–Crippen MR) is 62.5 cm³/mol. The molecule has 0 nitrogen and oxygen atoms in total. The van der Waals surface area contributed by atoms with E-state index in [1.54, 1.807) is 0 Å². The zero-order chi connectivity index (χ0) is 10.3. The van der Waals surface area contributed by atoms with Crippen LogP contribution in [0.4, 0.5) is 0 Å². The fraction of sp³-hybridized carbons (Fsp3) is 1.00. The van der Waals surface area contributed by atoms with Crippen molar-refractivity contribution in [1.82, 2.24) is 0 Å². The first kappa shape index (κ1) is 13.3. The maximum absolute atomic E-state index is 6.00. The fourth-order valence-electron chi connectivity index (χ4n) is 1.89. The van der Waals surface area contributed by atoms with Gasteiger partial charge in [-0.2, -0.15) is 0 Å². The smallest absolute Gasteiger partial charge is 0.0312 e. The van der Waals surface area contributed by atoms with Gasteiger partial charge in [0.1, 0.15) is 0 Å². The van der Waals surface area contributed by atoms with Gasteiger partial charge in [0, 0.05) is 5.38 Å². The second-order valence-corrected chi connectivity index (χ2v) is 5.70. The summed E-state index contributed by atoms with van der Waals surface area (Å²) in [5.74, 6) is 0. The number of hydrogen-bond acceptors (Lipinski definition) is 0. The van der Waals surface area contributed by atoms with Crippen LogP contribution in [0.25, 0.3) is 0 Å². The molecule has 0 aliphatic heterocycles. The number of alkyl halides is 1. The molecule has 0 aromatic rings. The van der Waals surface area contributed by atoms with Crippen LogP contribution in [0, 0.1) is 5.41 Å². The van der Waals surface area contributed by atoms with Crippen LogP contribution in [-0.2, 0) is 0 Å². The molecule has 0 radical (unpaired) electrons. The summed E-state index contributed by atoms with van der Waals surface area (Å²) < 4.78 is 0. The minimum absolute atomic E-state index is 0.321. The van der Waals surface area contributed by atoms with E-state index >= 15 is 0 Å². The normalized spacial score (nSPS) is 14.5. The lowest BCUT2D eigenvalue weighted by Crippen LogP contribution is -2.15. The van der Waals surface area contributed by atoms with Gasteiger partial charge < -0.3 is 0 Å². The van der Waals surface area contributed by atoms with Gasteiger partial charge in [-0.25, -0.2) is 0 Å². The average Bonchev–Trinajstić information content (AvgIpc) is 1.95. The molecule has 0 aromatic carbocycles. The first-order chi connectivity index (χ1) is 5.98. The largest absolute Gasteiger partial charge is 0.123 e. The van der Waals surface area contributed by atoms with Crippen molar-refractivity contribution in [2.24, 2.45) is 5.41 Å². The van der Waals surface area contributed by atoms with Gasteiger partial charge in [-0.15, -0.1) is 11.6 Å². The van der Waals surface area contributed by atoms with Crippen molar-refractivity contribution in [3.63, 3.8) is 0 Å². The zero-order valence-electron chi connectivity index (χ0n) is 9.70. The monoisotopic (exact) mass is 204 g/mol. The van der Waals surface area contributed by atoms with E-state index in [0.717, 1.165) is 6.42 Å². The Hall–Kier alpha value is 0.290. The molecule has 80 valence electrons. The first-order valence-corrected chi connectivity index (χ1v) is 6.05. The topological polar surface area (TPSA) is 0 Å². The van der Waals surface area contributed by atoms with Crippen molar-refractivity contribution in [3.8, 4) is 0 Å². The fourth-order valence-corrected chi connectivity index (χ4v) is 2.31. The highest BCUT2D eigenvalue weighted by Crippen LogP contribution is 2.30. The molecule has 0 bridgehead atoms. The van der Waals surface area contributed by atoms with E-state index in [4.69, 9.17) is 11.6 Å². The summed E-state index contributed by atoms with van der Waals surface area (Å²) in [6.45, 7) is 9.01. The van der Waals surface area contributed by atoms with Crippen LogP contribution in [0.5, 0.6) is 0 Å². The van der Waals surface area contributed by atoms with Crippen LogP contribution in [0.2, 0.25) is 0 Å². The molecule has 0 heterocycles. The molecule has 0 aliphatic rings. The van der Waals surface area contributed by atoms with Crippen molar-refractivity contribution in [1.29, 1.82) is 0 Å². The van der Waals surface area contributed by atoms with Gasteiger partial charge in [-0.05, 0) is 25.2 Å². The molecule has 0 fully saturated rings. The number of unbranched alkanes of at least 4 members (excludes halogenated alkanes) is 3. The molecule has 1 heteroatoms. The Morgan fingerprint density at radius 2 is 1.77 bits per heavy atom. The van der Waals surface area contributed by atoms with Crippen LogP contribution in [0.15, 0.2) is 0 Å². The highest BCUT2D eigenvalue weighted by atomic mass is 35.5. The van der Waals surface area contributed by atoms with E-state index in [0.29, 0.717) is 10.8 Å². The Kier molecular flexibility index (Phi) is 6.85. The van der Waals surface area contributed by atoms with Crippen LogP contribution >= 0.6 is 11.6 Å². The molecule has 0 saturated heterocycles. The molecule has 0 rings (SSSR count). The van der Waals surface area contributed by atoms with Crippen molar-refractivity contribution >= 4 is 11.6 Å². The lowest BCUT2D eigenvalue weighted by molar-refractivity contribution is 0.294. The minimum Gasteiger partial charge on any atom is -0.123 e. The third-order valence-corrected chi connectivity index (χ3v) is 2.70. The van der Waals surface area contributed by atoms with Crippen molar-refractivity contribution in [2.75, 3.05) is 0 Å². The Balaban J connectivity index is 3.50. The first-order valence-electron chi connectivity index (χ1n) is 5.62. The Morgan fingerprint density at radius 1 is 1.15 bits per heavy atom. The lowest BCUT2D eigenvalue weighted by atomic mass is 9.82. The highest BCUT2D eigenvalue weighted by molar-refractivity contribution is 6.20. The van der Waals surface area contributed by atoms with Crippen molar-refractivity contribution in [3.05, 3.63) is 0 Å². The van der Waals surface area contributed by atoms with E-state index in [1.807, 2.05) is 0 Å². The van der Waals surface area contributed by atoms with Gasteiger partial charge in [0.2, 0.25) is 0 Å². The summed E-state index contributed by atoms with van der Waals surface area (Å²) in [6.07, 6.45) is 7.92. The maximum atomic E-state index is 6.00. The van der Waals surface area contributed by atoms with Crippen LogP contribution < -0.4 is 0 Å². The molecule has 1 unspecified atom stereocenters. The van der Waals surface area contributed by atoms with Gasteiger partial charge in [-0.1, -0.05) is 46.5 Å². The molecule has 13 heavy (non-hydrogen) atoms. The third-order valence-electron chi connectivity index (χ3n) is 2.54. The van der Waals surface area contributed by atoms with E-state index in [1.165, 1.54) is 32.1 Å². The summed E-state index contributed by atoms with van der Waals surface area (Å²) in [5.41, 5.74) is 0.439. The Bertz CT molecular complexity index is 116. The average molecular weight is 205 g/mol. The summed E-state index contributed by atoms with van der Waals surface area (Å²) in [4.78, 5) is 0. The quantitative estimate of drug-likeness (QED) is 0.405. The minimum atomic E-state index is 0.321. The van der Waals surface area contributed by atoms with E-state index in [2.05, 4.69) is 27.7 Å². The molecule has 0 amide bonds. The van der Waals surface area contributed by atoms with E-state index < -0.39 is 0 Å². The van der Waals surface area contributed by atoms with Gasteiger partial charge in [0.15, 0.2) is 0 Å².